The monoisotopic (exact) mass is 350 g/mol. The summed E-state index contributed by atoms with van der Waals surface area (Å²) < 4.78 is 1.85. The third kappa shape index (κ3) is 3.51. The number of nitrogens with one attached hydrogen (secondary N) is 1. The summed E-state index contributed by atoms with van der Waals surface area (Å²) in [5.74, 6) is 1.66. The summed E-state index contributed by atoms with van der Waals surface area (Å²) in [5, 5.41) is 10.9. The first-order chi connectivity index (χ1) is 12.3. The molecule has 3 aromatic heterocycles. The van der Waals surface area contributed by atoms with Crippen LogP contribution in [0.4, 0.5) is 5.82 Å². The molecule has 0 bridgehead atoms. The molecule has 0 aliphatic heterocycles. The fourth-order valence-corrected chi connectivity index (χ4v) is 3.66. The molecule has 4 rings (SSSR count). The van der Waals surface area contributed by atoms with Crippen molar-refractivity contribution >= 4 is 27.4 Å². The average molecular weight is 350 g/mol. The van der Waals surface area contributed by atoms with E-state index in [2.05, 4.69) is 61.1 Å². The Balaban J connectivity index is 1.64. The fourth-order valence-electron chi connectivity index (χ4n) is 2.85. The molecule has 7 heteroatoms. The van der Waals surface area contributed by atoms with Gasteiger partial charge in [0.1, 0.15) is 29.1 Å². The van der Waals surface area contributed by atoms with Crippen molar-refractivity contribution in [3.8, 4) is 0 Å². The molecule has 6 nitrogen and oxygen atoms in total. The lowest BCUT2D eigenvalue weighted by Gasteiger charge is -2.20. The zero-order chi connectivity index (χ0) is 17.1. The van der Waals surface area contributed by atoms with E-state index in [1.54, 1.807) is 24.0 Å². The molecule has 0 aliphatic rings. The van der Waals surface area contributed by atoms with Gasteiger partial charge in [0, 0.05) is 6.54 Å². The van der Waals surface area contributed by atoms with E-state index in [4.69, 9.17) is 0 Å². The Kier molecular flexibility index (Phi) is 4.39. The first-order valence-corrected chi connectivity index (χ1v) is 9.03. The molecule has 1 aromatic carbocycles. The van der Waals surface area contributed by atoms with E-state index in [0.717, 1.165) is 34.8 Å². The van der Waals surface area contributed by atoms with Gasteiger partial charge in [-0.15, -0.1) is 11.3 Å². The highest BCUT2D eigenvalue weighted by Gasteiger charge is 2.15. The van der Waals surface area contributed by atoms with Crippen LogP contribution < -0.4 is 5.32 Å². The third-order valence-corrected chi connectivity index (χ3v) is 4.87. The van der Waals surface area contributed by atoms with Gasteiger partial charge < -0.3 is 5.32 Å². The molecule has 25 heavy (non-hydrogen) atoms. The molecule has 0 spiro atoms. The number of hydrogen-bond donors (Lipinski definition) is 1. The molecule has 0 saturated carbocycles. The zero-order valence-corrected chi connectivity index (χ0v) is 14.6. The van der Waals surface area contributed by atoms with Gasteiger partial charge in [-0.05, 0) is 30.4 Å². The highest BCUT2D eigenvalue weighted by atomic mass is 32.1. The molecule has 0 saturated heterocycles. The number of aromatic nitrogens is 5. The average Bonchev–Trinajstić information content (AvgIpc) is 3.30. The Labute approximate surface area is 149 Å². The van der Waals surface area contributed by atoms with Gasteiger partial charge >= 0.3 is 0 Å². The van der Waals surface area contributed by atoms with Crippen LogP contribution in [0.2, 0.25) is 0 Å². The van der Waals surface area contributed by atoms with Crippen LogP contribution in [0.25, 0.3) is 10.2 Å². The lowest BCUT2D eigenvalue weighted by atomic mass is 10.0. The summed E-state index contributed by atoms with van der Waals surface area (Å²) in [6.45, 7) is 2.71. The standard InChI is InChI=1S/C18H18N6S/c1-13-21-17(15-8-10-25-18(15)22-13)23-16(14-5-3-2-4-6-14)7-9-24-12-19-11-20-24/h2-6,8,10-12,16H,7,9H2,1H3,(H,21,22,23)/t16-/m1/s1. The van der Waals surface area contributed by atoms with Crippen LogP contribution in [0.15, 0.2) is 54.4 Å². The minimum absolute atomic E-state index is 0.128. The van der Waals surface area contributed by atoms with Crippen molar-refractivity contribution in [2.24, 2.45) is 0 Å². The van der Waals surface area contributed by atoms with Crippen molar-refractivity contribution in [3.63, 3.8) is 0 Å². The van der Waals surface area contributed by atoms with E-state index in [9.17, 15) is 0 Å². The number of nitrogens with zero attached hydrogens (tertiary/aromatic N) is 5. The Morgan fingerprint density at radius 3 is 2.84 bits per heavy atom. The maximum atomic E-state index is 4.63. The molecule has 0 radical (unpaired) electrons. The molecular weight excluding hydrogens is 332 g/mol. The molecule has 1 atom stereocenters. The number of fused-ring (bicyclic) bond motifs is 1. The third-order valence-electron chi connectivity index (χ3n) is 4.06. The molecule has 1 N–H and O–H groups in total. The maximum Gasteiger partial charge on any atom is 0.138 e. The van der Waals surface area contributed by atoms with Gasteiger partial charge in [0.15, 0.2) is 0 Å². The molecule has 0 amide bonds. The summed E-state index contributed by atoms with van der Waals surface area (Å²) >= 11 is 1.64. The Bertz CT molecular complexity index is 948. The topological polar surface area (TPSA) is 68.5 Å². The summed E-state index contributed by atoms with van der Waals surface area (Å²) in [5.41, 5.74) is 1.22. The van der Waals surface area contributed by atoms with Crippen molar-refractivity contribution < 1.29 is 0 Å². The van der Waals surface area contributed by atoms with Crippen molar-refractivity contribution in [3.05, 3.63) is 65.8 Å². The Hall–Kier alpha value is -2.80. The highest BCUT2D eigenvalue weighted by molar-refractivity contribution is 7.16. The normalized spacial score (nSPS) is 12.4. The van der Waals surface area contributed by atoms with Crippen LogP contribution in [0.5, 0.6) is 0 Å². The quantitative estimate of drug-likeness (QED) is 0.572. The number of rotatable bonds is 6. The maximum absolute atomic E-state index is 4.63. The molecule has 4 aromatic rings. The Morgan fingerprint density at radius 1 is 1.16 bits per heavy atom. The first-order valence-electron chi connectivity index (χ1n) is 8.15. The molecule has 0 fully saturated rings. The van der Waals surface area contributed by atoms with Gasteiger partial charge in [0.05, 0.1) is 11.4 Å². The summed E-state index contributed by atoms with van der Waals surface area (Å²) in [6, 6.07) is 12.6. The van der Waals surface area contributed by atoms with Crippen molar-refractivity contribution in [2.45, 2.75) is 25.9 Å². The molecular formula is C18H18N6S. The summed E-state index contributed by atoms with van der Waals surface area (Å²) in [7, 11) is 0. The Morgan fingerprint density at radius 2 is 2.04 bits per heavy atom. The van der Waals surface area contributed by atoms with E-state index in [1.807, 2.05) is 17.7 Å². The van der Waals surface area contributed by atoms with Gasteiger partial charge in [0.2, 0.25) is 0 Å². The van der Waals surface area contributed by atoms with Crippen LogP contribution in [-0.2, 0) is 6.54 Å². The lowest BCUT2D eigenvalue weighted by Crippen LogP contribution is -2.15. The second-order valence-electron chi connectivity index (χ2n) is 5.81. The summed E-state index contributed by atoms with van der Waals surface area (Å²) in [4.78, 5) is 14.2. The van der Waals surface area contributed by atoms with Crippen molar-refractivity contribution in [2.75, 3.05) is 5.32 Å². The van der Waals surface area contributed by atoms with Crippen LogP contribution in [0.3, 0.4) is 0 Å². The number of anilines is 1. The largest absolute Gasteiger partial charge is 0.363 e. The van der Waals surface area contributed by atoms with E-state index >= 15 is 0 Å². The van der Waals surface area contributed by atoms with E-state index in [1.165, 1.54) is 5.56 Å². The lowest BCUT2D eigenvalue weighted by molar-refractivity contribution is 0.537. The first kappa shape index (κ1) is 15.7. The minimum Gasteiger partial charge on any atom is -0.363 e. The predicted molar refractivity (Wildman–Crippen MR) is 99.6 cm³/mol. The van der Waals surface area contributed by atoms with Crippen LogP contribution >= 0.6 is 11.3 Å². The zero-order valence-electron chi connectivity index (χ0n) is 13.8. The summed E-state index contributed by atoms with van der Waals surface area (Å²) in [6.07, 6.45) is 4.18. The second kappa shape index (κ2) is 6.98. The number of thiophene rings is 1. The SMILES string of the molecule is Cc1nc(N[C@H](CCn2cncn2)c2ccccc2)c2ccsc2n1. The van der Waals surface area contributed by atoms with Gasteiger partial charge in [0.25, 0.3) is 0 Å². The van der Waals surface area contributed by atoms with Gasteiger partial charge in [-0.3, -0.25) is 4.68 Å². The van der Waals surface area contributed by atoms with Crippen LogP contribution in [0.1, 0.15) is 23.9 Å². The molecule has 126 valence electrons. The second-order valence-corrected chi connectivity index (χ2v) is 6.71. The van der Waals surface area contributed by atoms with E-state index in [-0.39, 0.29) is 6.04 Å². The minimum atomic E-state index is 0.128. The smallest absolute Gasteiger partial charge is 0.138 e. The van der Waals surface area contributed by atoms with Crippen LogP contribution in [-0.4, -0.2) is 24.7 Å². The molecule has 3 heterocycles. The molecule has 0 unspecified atom stereocenters. The van der Waals surface area contributed by atoms with Gasteiger partial charge in [-0.2, -0.15) is 5.10 Å². The van der Waals surface area contributed by atoms with E-state index < -0.39 is 0 Å². The van der Waals surface area contributed by atoms with E-state index in [0.29, 0.717) is 0 Å². The van der Waals surface area contributed by atoms with Gasteiger partial charge in [-0.1, -0.05) is 30.3 Å². The van der Waals surface area contributed by atoms with Crippen molar-refractivity contribution in [1.29, 1.82) is 0 Å². The predicted octanol–water partition coefficient (Wildman–Crippen LogP) is 3.83. The number of hydrogen-bond acceptors (Lipinski definition) is 6. The highest BCUT2D eigenvalue weighted by Crippen LogP contribution is 2.29. The number of aryl methyl sites for hydroxylation is 2. The molecule has 0 aliphatic carbocycles. The fraction of sp³-hybridized carbons (Fsp3) is 0.222. The van der Waals surface area contributed by atoms with Crippen LogP contribution in [0, 0.1) is 6.92 Å². The van der Waals surface area contributed by atoms with Gasteiger partial charge in [-0.25, -0.2) is 15.0 Å². The van der Waals surface area contributed by atoms with Crippen molar-refractivity contribution in [1.82, 2.24) is 24.7 Å². The number of benzene rings is 1.